The molecule has 0 spiro atoms. The van der Waals surface area contributed by atoms with Gasteiger partial charge in [0.25, 0.3) is 0 Å². The minimum atomic E-state index is -0.470. The molecule has 1 unspecified atom stereocenters. The molecule has 1 heterocycles. The Morgan fingerprint density at radius 1 is 1.31 bits per heavy atom. The molecule has 1 aliphatic rings. The zero-order chi connectivity index (χ0) is 19.6. The SMILES string of the molecule is CCCCN(C)CCN=C(NCC)N1CCC(NC(=O)OC(C)(C)C)C1. The summed E-state index contributed by atoms with van der Waals surface area (Å²) in [5.41, 5.74) is -0.470. The Labute approximate surface area is 159 Å². The molecule has 0 radical (unpaired) electrons. The van der Waals surface area contributed by atoms with E-state index in [1.54, 1.807) is 0 Å². The summed E-state index contributed by atoms with van der Waals surface area (Å²) in [4.78, 5) is 21.3. The molecular weight excluding hydrogens is 330 g/mol. The Morgan fingerprint density at radius 2 is 2.04 bits per heavy atom. The van der Waals surface area contributed by atoms with Gasteiger partial charge in [-0.15, -0.1) is 0 Å². The molecule has 1 saturated heterocycles. The lowest BCUT2D eigenvalue weighted by Crippen LogP contribution is -2.44. The van der Waals surface area contributed by atoms with E-state index in [1.807, 2.05) is 20.8 Å². The molecule has 1 amide bonds. The van der Waals surface area contributed by atoms with E-state index in [0.29, 0.717) is 0 Å². The Kier molecular flexibility index (Phi) is 9.76. The number of ether oxygens (including phenoxy) is 1. The van der Waals surface area contributed by atoms with Gasteiger partial charge in [-0.2, -0.15) is 0 Å². The summed E-state index contributed by atoms with van der Waals surface area (Å²) >= 11 is 0. The van der Waals surface area contributed by atoms with Crippen LogP contribution in [-0.4, -0.2) is 79.8 Å². The topological polar surface area (TPSA) is 69.2 Å². The minimum Gasteiger partial charge on any atom is -0.444 e. The second-order valence-electron chi connectivity index (χ2n) is 7.97. The molecule has 0 aromatic carbocycles. The van der Waals surface area contributed by atoms with Gasteiger partial charge >= 0.3 is 6.09 Å². The van der Waals surface area contributed by atoms with Crippen LogP contribution in [0.5, 0.6) is 0 Å². The number of alkyl carbamates (subject to hydrolysis) is 1. The molecule has 0 bridgehead atoms. The number of likely N-dealkylation sites (tertiary alicyclic amines) is 1. The number of carbonyl (C=O) groups is 1. The molecule has 7 heteroatoms. The van der Waals surface area contributed by atoms with E-state index < -0.39 is 5.60 Å². The first-order chi connectivity index (χ1) is 12.2. The third-order valence-electron chi connectivity index (χ3n) is 4.18. The van der Waals surface area contributed by atoms with Crippen LogP contribution in [0, 0.1) is 0 Å². The summed E-state index contributed by atoms with van der Waals surface area (Å²) in [5.74, 6) is 0.935. The summed E-state index contributed by atoms with van der Waals surface area (Å²) in [6.45, 7) is 15.3. The van der Waals surface area contributed by atoms with Crippen molar-refractivity contribution in [1.29, 1.82) is 0 Å². The van der Waals surface area contributed by atoms with Crippen LogP contribution in [-0.2, 0) is 4.74 Å². The number of carbonyl (C=O) groups excluding carboxylic acids is 1. The van der Waals surface area contributed by atoms with Crippen LogP contribution in [0.4, 0.5) is 4.79 Å². The van der Waals surface area contributed by atoms with Gasteiger partial charge in [0.05, 0.1) is 12.6 Å². The number of nitrogens with zero attached hydrogens (tertiary/aromatic N) is 3. The molecule has 0 aliphatic carbocycles. The lowest BCUT2D eigenvalue weighted by atomic mass is 10.2. The second kappa shape index (κ2) is 11.3. The van der Waals surface area contributed by atoms with Crippen LogP contribution in [0.2, 0.25) is 0 Å². The van der Waals surface area contributed by atoms with Gasteiger partial charge in [-0.1, -0.05) is 13.3 Å². The highest BCUT2D eigenvalue weighted by atomic mass is 16.6. The highest BCUT2D eigenvalue weighted by Gasteiger charge is 2.27. The number of guanidine groups is 1. The number of aliphatic imine (C=N–C) groups is 1. The van der Waals surface area contributed by atoms with Gasteiger partial charge < -0.3 is 25.2 Å². The van der Waals surface area contributed by atoms with E-state index in [1.165, 1.54) is 12.8 Å². The lowest BCUT2D eigenvalue weighted by molar-refractivity contribution is 0.0507. The molecule has 7 nitrogen and oxygen atoms in total. The summed E-state index contributed by atoms with van der Waals surface area (Å²) in [5, 5.41) is 6.33. The number of hydrogen-bond acceptors (Lipinski definition) is 4. The Balaban J connectivity index is 2.47. The van der Waals surface area contributed by atoms with Crippen molar-refractivity contribution in [3.8, 4) is 0 Å². The number of hydrogen-bond donors (Lipinski definition) is 2. The van der Waals surface area contributed by atoms with Crippen LogP contribution in [0.3, 0.4) is 0 Å². The first-order valence-corrected chi connectivity index (χ1v) is 9.96. The zero-order valence-corrected chi connectivity index (χ0v) is 17.6. The van der Waals surface area contributed by atoms with Crippen molar-refractivity contribution < 1.29 is 9.53 Å². The summed E-state index contributed by atoms with van der Waals surface area (Å²) in [6.07, 6.45) is 3.00. The van der Waals surface area contributed by atoms with Gasteiger partial charge in [-0.3, -0.25) is 4.99 Å². The largest absolute Gasteiger partial charge is 0.444 e. The number of amides is 1. The summed E-state index contributed by atoms with van der Waals surface area (Å²) in [6, 6.07) is 0.0981. The second-order valence-corrected chi connectivity index (χ2v) is 7.97. The Morgan fingerprint density at radius 3 is 2.65 bits per heavy atom. The van der Waals surface area contributed by atoms with Gasteiger partial charge in [0, 0.05) is 26.2 Å². The predicted octanol–water partition coefficient (Wildman–Crippen LogP) is 2.28. The fraction of sp³-hybridized carbons (Fsp3) is 0.895. The van der Waals surface area contributed by atoms with Crippen LogP contribution in [0.15, 0.2) is 4.99 Å². The normalized spacial score (nSPS) is 18.3. The van der Waals surface area contributed by atoms with Crippen LogP contribution < -0.4 is 10.6 Å². The third kappa shape index (κ3) is 9.27. The molecular formula is C19H39N5O2. The van der Waals surface area contributed by atoms with Crippen LogP contribution in [0.25, 0.3) is 0 Å². The van der Waals surface area contributed by atoms with E-state index in [0.717, 1.165) is 51.6 Å². The molecule has 1 aliphatic heterocycles. The average molecular weight is 370 g/mol. The Bertz CT molecular complexity index is 448. The molecule has 1 rings (SSSR count). The Hall–Kier alpha value is -1.50. The van der Waals surface area contributed by atoms with Crippen molar-refractivity contribution in [2.45, 2.75) is 65.5 Å². The lowest BCUT2D eigenvalue weighted by Gasteiger charge is -2.23. The predicted molar refractivity (Wildman–Crippen MR) is 108 cm³/mol. The standard InChI is InChI=1S/C19H39N5O2/c1-7-9-12-23(6)14-11-21-17(20-8-2)24-13-10-16(15-24)22-18(25)26-19(3,4)5/h16H,7-15H2,1-6H3,(H,20,21)(H,22,25). The summed E-state index contributed by atoms with van der Waals surface area (Å²) in [7, 11) is 2.15. The fourth-order valence-corrected chi connectivity index (χ4v) is 2.84. The number of rotatable bonds is 8. The monoisotopic (exact) mass is 369 g/mol. The maximum Gasteiger partial charge on any atom is 0.407 e. The van der Waals surface area contributed by atoms with Crippen LogP contribution >= 0.6 is 0 Å². The zero-order valence-electron chi connectivity index (χ0n) is 17.6. The molecule has 0 saturated carbocycles. The molecule has 0 aromatic rings. The number of unbranched alkanes of at least 4 members (excludes halogenated alkanes) is 1. The van der Waals surface area contributed by atoms with Gasteiger partial charge in [0.1, 0.15) is 5.60 Å². The smallest absolute Gasteiger partial charge is 0.407 e. The minimum absolute atomic E-state index is 0.0981. The highest BCUT2D eigenvalue weighted by molar-refractivity contribution is 5.80. The molecule has 2 N–H and O–H groups in total. The van der Waals surface area contributed by atoms with Crippen molar-refractivity contribution in [3.63, 3.8) is 0 Å². The maximum atomic E-state index is 11.9. The van der Waals surface area contributed by atoms with Crippen molar-refractivity contribution in [3.05, 3.63) is 0 Å². The van der Waals surface area contributed by atoms with E-state index in [2.05, 4.69) is 41.3 Å². The van der Waals surface area contributed by atoms with Gasteiger partial charge in [0.15, 0.2) is 5.96 Å². The van der Waals surface area contributed by atoms with Crippen molar-refractivity contribution in [2.24, 2.45) is 4.99 Å². The molecule has 26 heavy (non-hydrogen) atoms. The van der Waals surface area contributed by atoms with Gasteiger partial charge in [-0.05, 0) is 54.1 Å². The van der Waals surface area contributed by atoms with E-state index in [4.69, 9.17) is 9.73 Å². The number of nitrogens with one attached hydrogen (secondary N) is 2. The van der Waals surface area contributed by atoms with Gasteiger partial charge in [-0.25, -0.2) is 4.79 Å². The molecule has 1 fully saturated rings. The first kappa shape index (κ1) is 22.5. The van der Waals surface area contributed by atoms with E-state index in [-0.39, 0.29) is 12.1 Å². The quantitative estimate of drug-likeness (QED) is 0.507. The van der Waals surface area contributed by atoms with Crippen molar-refractivity contribution in [2.75, 3.05) is 46.3 Å². The van der Waals surface area contributed by atoms with E-state index in [9.17, 15) is 4.79 Å². The molecule has 1 atom stereocenters. The maximum absolute atomic E-state index is 11.9. The van der Waals surface area contributed by atoms with Gasteiger partial charge in [0.2, 0.25) is 0 Å². The van der Waals surface area contributed by atoms with Crippen LogP contribution in [0.1, 0.15) is 53.9 Å². The molecule has 152 valence electrons. The fourth-order valence-electron chi connectivity index (χ4n) is 2.84. The van der Waals surface area contributed by atoms with Crippen molar-refractivity contribution >= 4 is 12.1 Å². The highest BCUT2D eigenvalue weighted by Crippen LogP contribution is 2.12. The number of likely N-dealkylation sites (N-methyl/N-ethyl adjacent to an activating group) is 1. The molecule has 0 aromatic heterocycles. The summed E-state index contributed by atoms with van der Waals surface area (Å²) < 4.78 is 5.35. The third-order valence-corrected chi connectivity index (χ3v) is 4.18. The average Bonchev–Trinajstić information content (AvgIpc) is 2.98. The first-order valence-electron chi connectivity index (χ1n) is 9.96. The van der Waals surface area contributed by atoms with Crippen molar-refractivity contribution in [1.82, 2.24) is 20.4 Å². The van der Waals surface area contributed by atoms with E-state index >= 15 is 0 Å².